The number of benzene rings is 1. The van der Waals surface area contributed by atoms with Gasteiger partial charge in [0.05, 0.1) is 50.3 Å². The number of aliphatic hydroxyl groups is 3. The van der Waals surface area contributed by atoms with Gasteiger partial charge in [-0.3, -0.25) is 9.59 Å². The molecule has 1 aromatic heterocycles. The minimum absolute atomic E-state index is 0.104. The number of nitrogens with one attached hydrogen (secondary N) is 2. The third-order valence-corrected chi connectivity index (χ3v) is 7.57. The molecule has 1 fully saturated rings. The van der Waals surface area contributed by atoms with E-state index in [1.54, 1.807) is 24.5 Å². The monoisotopic (exact) mass is 609 g/mol. The van der Waals surface area contributed by atoms with Gasteiger partial charge in [-0.15, -0.1) is 0 Å². The summed E-state index contributed by atoms with van der Waals surface area (Å²) >= 11 is 5.86. The summed E-state index contributed by atoms with van der Waals surface area (Å²) in [5.74, 6) is 0.468. The van der Waals surface area contributed by atoms with Crippen molar-refractivity contribution in [2.75, 3.05) is 51.0 Å². The molecule has 2 amide bonds. The third kappa shape index (κ3) is 10.6. The number of anilines is 1. The molecule has 1 aliphatic rings. The number of hydrogen-bond donors (Lipinski definition) is 5. The van der Waals surface area contributed by atoms with E-state index in [0.29, 0.717) is 48.6 Å². The minimum Gasteiger partial charge on any atom is -0.493 e. The minimum atomic E-state index is -1.45. The molecule has 232 valence electrons. The molecule has 0 spiro atoms. The number of ether oxygens (including phenoxy) is 1. The molecule has 1 aromatic carbocycles. The van der Waals surface area contributed by atoms with E-state index < -0.39 is 37.1 Å². The summed E-state index contributed by atoms with van der Waals surface area (Å²) in [6.07, 6.45) is 8.15. The molecule has 1 aliphatic heterocycles. The van der Waals surface area contributed by atoms with Crippen LogP contribution in [0.25, 0.3) is 0 Å². The number of unbranched alkanes of at least 4 members (excludes halogenated alkanes) is 1. The normalized spacial score (nSPS) is 14.1. The fourth-order valence-electron chi connectivity index (χ4n) is 4.71. The fourth-order valence-corrected chi connectivity index (χ4v) is 4.81. The van der Waals surface area contributed by atoms with Gasteiger partial charge in [0, 0.05) is 32.1 Å². The molecule has 0 bridgehead atoms. The van der Waals surface area contributed by atoms with Crippen molar-refractivity contribution in [3.05, 3.63) is 47.0 Å². The topological polar surface area (TPSA) is 157 Å². The average Bonchev–Trinajstić information content (AvgIpc) is 3.00. The average molecular weight is 610 g/mol. The van der Waals surface area contributed by atoms with Gasteiger partial charge >= 0.3 is 0 Å². The van der Waals surface area contributed by atoms with Crippen LogP contribution in [-0.2, 0) is 16.0 Å². The Morgan fingerprint density at radius 1 is 1.05 bits per heavy atom. The van der Waals surface area contributed by atoms with Gasteiger partial charge in [0.2, 0.25) is 17.8 Å². The standard InChI is InChI=1S/C29H41ClFN5O6/c30-23-16-33-28(34-17-23)36-11-8-21(9-12-36)4-3-13-42-24-7-6-22(25(31)15-24)14-27(41)32-10-2-1-5-26(40)35-29(18-37,19-38)20-39/h6-7,15-17,21,37-39H,1-5,8-14,18-20H2,(H,32,41)(H,35,40). The van der Waals surface area contributed by atoms with Crippen molar-refractivity contribution in [2.24, 2.45) is 5.92 Å². The smallest absolute Gasteiger partial charge is 0.225 e. The number of hydrogen-bond acceptors (Lipinski definition) is 9. The van der Waals surface area contributed by atoms with Crippen molar-refractivity contribution in [1.82, 2.24) is 20.6 Å². The zero-order valence-corrected chi connectivity index (χ0v) is 24.5. The molecule has 0 saturated carbocycles. The maximum Gasteiger partial charge on any atom is 0.225 e. The molecule has 0 radical (unpaired) electrons. The molecular formula is C29H41ClFN5O6. The Hall–Kier alpha value is -3.06. The summed E-state index contributed by atoms with van der Waals surface area (Å²) < 4.78 is 20.3. The fraction of sp³-hybridized carbons (Fsp3) is 0.586. The first kappa shape index (κ1) is 33.4. The third-order valence-electron chi connectivity index (χ3n) is 7.37. The Morgan fingerprint density at radius 2 is 1.74 bits per heavy atom. The highest BCUT2D eigenvalue weighted by atomic mass is 35.5. The highest BCUT2D eigenvalue weighted by Gasteiger charge is 2.29. The van der Waals surface area contributed by atoms with Gasteiger partial charge in [-0.25, -0.2) is 14.4 Å². The SMILES string of the molecule is O=C(Cc1ccc(OCCCC2CCN(c3ncc(Cl)cn3)CC2)cc1F)NCCCCC(=O)NC(CO)(CO)CO. The molecule has 2 aromatic rings. The lowest BCUT2D eigenvalue weighted by molar-refractivity contribution is -0.125. The van der Waals surface area contributed by atoms with Crippen LogP contribution < -0.4 is 20.3 Å². The van der Waals surface area contributed by atoms with Crippen molar-refractivity contribution in [1.29, 1.82) is 0 Å². The van der Waals surface area contributed by atoms with Crippen LogP contribution in [0.3, 0.4) is 0 Å². The number of piperidine rings is 1. The molecule has 0 aliphatic carbocycles. The summed E-state index contributed by atoms with van der Waals surface area (Å²) in [6.45, 7) is 0.825. The van der Waals surface area contributed by atoms with Crippen LogP contribution in [-0.4, -0.2) is 88.7 Å². The van der Waals surface area contributed by atoms with E-state index in [2.05, 4.69) is 25.5 Å². The molecule has 0 atom stereocenters. The van der Waals surface area contributed by atoms with E-state index in [9.17, 15) is 29.3 Å². The summed E-state index contributed by atoms with van der Waals surface area (Å²) in [7, 11) is 0. The van der Waals surface area contributed by atoms with Gasteiger partial charge in [0.25, 0.3) is 0 Å². The summed E-state index contributed by atoms with van der Waals surface area (Å²) in [4.78, 5) is 34.9. The zero-order valence-electron chi connectivity index (χ0n) is 23.7. The first-order valence-electron chi connectivity index (χ1n) is 14.3. The maximum absolute atomic E-state index is 14.6. The van der Waals surface area contributed by atoms with Crippen LogP contribution in [0.5, 0.6) is 5.75 Å². The van der Waals surface area contributed by atoms with Crippen LogP contribution in [0.4, 0.5) is 10.3 Å². The molecule has 42 heavy (non-hydrogen) atoms. The summed E-state index contributed by atoms with van der Waals surface area (Å²) in [5.41, 5.74) is -1.19. The number of aliphatic hydroxyl groups excluding tert-OH is 3. The van der Waals surface area contributed by atoms with Crippen molar-refractivity contribution in [2.45, 2.75) is 56.9 Å². The van der Waals surface area contributed by atoms with Gasteiger partial charge in [-0.05, 0) is 56.1 Å². The molecule has 13 heteroatoms. The van der Waals surface area contributed by atoms with Gasteiger partial charge in [0.1, 0.15) is 17.1 Å². The van der Waals surface area contributed by atoms with E-state index in [1.807, 2.05) is 0 Å². The van der Waals surface area contributed by atoms with E-state index in [0.717, 1.165) is 38.8 Å². The van der Waals surface area contributed by atoms with Crippen molar-refractivity contribution >= 4 is 29.4 Å². The number of rotatable bonds is 17. The predicted octanol–water partition coefficient (Wildman–Crippen LogP) is 2.01. The second-order valence-corrected chi connectivity index (χ2v) is 11.1. The van der Waals surface area contributed by atoms with Crippen LogP contribution in [0.15, 0.2) is 30.6 Å². The second-order valence-electron chi connectivity index (χ2n) is 10.7. The van der Waals surface area contributed by atoms with Gasteiger partial charge in [-0.2, -0.15) is 0 Å². The number of carbonyl (C=O) groups is 2. The second kappa shape index (κ2) is 17.2. The van der Waals surface area contributed by atoms with Crippen LogP contribution in [0.1, 0.15) is 50.5 Å². The van der Waals surface area contributed by atoms with Crippen LogP contribution >= 0.6 is 11.6 Å². The largest absolute Gasteiger partial charge is 0.493 e. The Bertz CT molecular complexity index is 1120. The highest BCUT2D eigenvalue weighted by molar-refractivity contribution is 6.30. The maximum atomic E-state index is 14.6. The molecule has 11 nitrogen and oxygen atoms in total. The van der Waals surface area contributed by atoms with E-state index in [4.69, 9.17) is 16.3 Å². The zero-order chi connectivity index (χ0) is 30.4. The van der Waals surface area contributed by atoms with Gasteiger partial charge < -0.3 is 35.6 Å². The van der Waals surface area contributed by atoms with E-state index in [1.165, 1.54) is 6.07 Å². The first-order chi connectivity index (χ1) is 20.3. The Morgan fingerprint density at radius 3 is 2.38 bits per heavy atom. The lowest BCUT2D eigenvalue weighted by Gasteiger charge is -2.31. The van der Waals surface area contributed by atoms with Gasteiger partial charge in [0.15, 0.2) is 0 Å². The lowest BCUT2D eigenvalue weighted by atomic mass is 9.92. The number of carbonyl (C=O) groups excluding carboxylic acids is 2. The first-order valence-corrected chi connectivity index (χ1v) is 14.7. The predicted molar refractivity (Wildman–Crippen MR) is 156 cm³/mol. The van der Waals surface area contributed by atoms with Crippen molar-refractivity contribution in [3.63, 3.8) is 0 Å². The van der Waals surface area contributed by atoms with Gasteiger partial charge in [-0.1, -0.05) is 17.7 Å². The Labute approximate surface area is 250 Å². The highest BCUT2D eigenvalue weighted by Crippen LogP contribution is 2.25. The van der Waals surface area contributed by atoms with Crippen LogP contribution in [0.2, 0.25) is 5.02 Å². The van der Waals surface area contributed by atoms with Crippen molar-refractivity contribution in [3.8, 4) is 5.75 Å². The number of nitrogens with zero attached hydrogens (tertiary/aromatic N) is 3. The molecular weight excluding hydrogens is 569 g/mol. The molecule has 3 rings (SSSR count). The summed E-state index contributed by atoms with van der Waals surface area (Å²) in [5, 5.41) is 33.4. The Kier molecular flexibility index (Phi) is 13.7. The number of aromatic nitrogens is 2. The Balaban J connectivity index is 1.27. The lowest BCUT2D eigenvalue weighted by Crippen LogP contribution is -2.57. The molecule has 2 heterocycles. The van der Waals surface area contributed by atoms with Crippen molar-refractivity contribution < 1.29 is 34.0 Å². The molecule has 0 unspecified atom stereocenters. The summed E-state index contributed by atoms with van der Waals surface area (Å²) in [6, 6.07) is 4.52. The van der Waals surface area contributed by atoms with E-state index in [-0.39, 0.29) is 24.3 Å². The van der Waals surface area contributed by atoms with E-state index >= 15 is 0 Å². The quantitative estimate of drug-likeness (QED) is 0.169. The number of halogens is 2. The van der Waals surface area contributed by atoms with Crippen LogP contribution in [0, 0.1) is 11.7 Å². The molecule has 5 N–H and O–H groups in total. The number of amides is 2. The molecule has 1 saturated heterocycles.